The van der Waals surface area contributed by atoms with E-state index >= 15 is 0 Å². The number of carbonyl (C=O) groups is 1. The molecule has 0 radical (unpaired) electrons. The van der Waals surface area contributed by atoms with Crippen LogP contribution in [-0.4, -0.2) is 16.8 Å². The Bertz CT molecular complexity index is 819. The number of aryl methyl sites for hydroxylation is 1. The van der Waals surface area contributed by atoms with Crippen LogP contribution in [0.1, 0.15) is 75.8 Å². The lowest BCUT2D eigenvalue weighted by Gasteiger charge is -2.25. The summed E-state index contributed by atoms with van der Waals surface area (Å²) in [7, 11) is 0. The summed E-state index contributed by atoms with van der Waals surface area (Å²) in [6, 6.07) is 6.25. The number of nitrogens with two attached hydrogens (primary N) is 1. The average molecular weight is 396 g/mol. The van der Waals surface area contributed by atoms with Crippen molar-refractivity contribution in [3.05, 3.63) is 41.5 Å². The number of hydrogen-bond acceptors (Lipinski definition) is 3. The second-order valence-electron chi connectivity index (χ2n) is 8.60. The third-order valence-corrected chi connectivity index (χ3v) is 6.27. The number of benzene rings is 1. The second kappa shape index (κ2) is 9.50. The molecule has 2 aliphatic rings. The molecule has 4 heteroatoms. The maximum atomic E-state index is 10.8. The molecule has 0 spiro atoms. The highest BCUT2D eigenvalue weighted by atomic mass is 16.5. The van der Waals surface area contributed by atoms with Crippen molar-refractivity contribution in [2.45, 2.75) is 76.9 Å². The summed E-state index contributed by atoms with van der Waals surface area (Å²) in [6.07, 6.45) is 11.1. The maximum Gasteiger partial charge on any atom is 0.303 e. The van der Waals surface area contributed by atoms with Gasteiger partial charge in [-0.2, -0.15) is 0 Å². The minimum atomic E-state index is -0.756. The Morgan fingerprint density at radius 3 is 3.03 bits per heavy atom. The first-order valence-electron chi connectivity index (χ1n) is 10.8. The van der Waals surface area contributed by atoms with Crippen molar-refractivity contribution in [2.75, 3.05) is 0 Å². The molecule has 156 valence electrons. The van der Waals surface area contributed by atoms with Gasteiger partial charge in [-0.05, 0) is 56.4 Å². The SMILES string of the molecule is CC#CCC(C)C/C=C/CC1CCC2(N)Oc3c(CCCC(=O)O)cccc3C12. The third-order valence-electron chi connectivity index (χ3n) is 6.27. The van der Waals surface area contributed by atoms with Gasteiger partial charge in [-0.15, -0.1) is 11.8 Å². The summed E-state index contributed by atoms with van der Waals surface area (Å²) in [6.45, 7) is 4.13. The van der Waals surface area contributed by atoms with Crippen LogP contribution in [0.3, 0.4) is 0 Å². The lowest BCUT2D eigenvalue weighted by atomic mass is 9.83. The molecule has 4 atom stereocenters. The Morgan fingerprint density at radius 2 is 2.28 bits per heavy atom. The molecule has 0 saturated heterocycles. The van der Waals surface area contributed by atoms with Crippen molar-refractivity contribution >= 4 is 5.97 Å². The normalized spacial score (nSPS) is 25.8. The summed E-state index contributed by atoms with van der Waals surface area (Å²) in [5, 5.41) is 8.91. The predicted molar refractivity (Wildman–Crippen MR) is 116 cm³/mol. The van der Waals surface area contributed by atoms with Crippen LogP contribution < -0.4 is 10.5 Å². The fourth-order valence-corrected chi connectivity index (χ4v) is 4.77. The number of allylic oxidation sites excluding steroid dienone is 2. The molecule has 4 unspecified atom stereocenters. The number of aliphatic carboxylic acids is 1. The van der Waals surface area contributed by atoms with E-state index in [9.17, 15) is 4.79 Å². The highest BCUT2D eigenvalue weighted by Gasteiger charge is 2.53. The van der Waals surface area contributed by atoms with Crippen molar-refractivity contribution in [2.24, 2.45) is 17.6 Å². The molecule has 3 N–H and O–H groups in total. The molecule has 3 rings (SSSR count). The fraction of sp³-hybridized carbons (Fsp3) is 0.560. The van der Waals surface area contributed by atoms with E-state index in [4.69, 9.17) is 15.6 Å². The van der Waals surface area contributed by atoms with Crippen LogP contribution in [0.15, 0.2) is 30.4 Å². The molecule has 29 heavy (non-hydrogen) atoms. The standard InChI is InChI=1S/C25H33NO3/c1-3-4-9-18(2)10-5-6-11-19-16-17-25(26)23(19)21-14-7-12-20(24(21)29-25)13-8-15-22(27)28/h5-7,12,14,18-19,23H,8-11,13,15-17,26H2,1-2H3,(H,27,28)/b6-5+. The lowest BCUT2D eigenvalue weighted by molar-refractivity contribution is -0.137. The molecule has 0 aromatic heterocycles. The van der Waals surface area contributed by atoms with E-state index in [-0.39, 0.29) is 12.3 Å². The molecule has 4 nitrogen and oxygen atoms in total. The number of carboxylic acids is 1. The fourth-order valence-electron chi connectivity index (χ4n) is 4.77. The summed E-state index contributed by atoms with van der Waals surface area (Å²) in [5.41, 5.74) is 8.38. The quantitative estimate of drug-likeness (QED) is 0.455. The number of para-hydroxylation sites is 1. The van der Waals surface area contributed by atoms with Crippen LogP contribution in [-0.2, 0) is 11.2 Å². The van der Waals surface area contributed by atoms with E-state index in [1.807, 2.05) is 13.0 Å². The zero-order valence-electron chi connectivity index (χ0n) is 17.6. The van der Waals surface area contributed by atoms with Gasteiger partial charge in [0.05, 0.1) is 0 Å². The Morgan fingerprint density at radius 1 is 1.45 bits per heavy atom. The van der Waals surface area contributed by atoms with E-state index < -0.39 is 11.7 Å². The summed E-state index contributed by atoms with van der Waals surface area (Å²) in [5.74, 6) is 7.55. The van der Waals surface area contributed by atoms with Gasteiger partial charge in [0.15, 0.2) is 5.72 Å². The molecule has 1 aromatic carbocycles. The van der Waals surface area contributed by atoms with Gasteiger partial charge in [0, 0.05) is 30.7 Å². The van der Waals surface area contributed by atoms with E-state index in [0.29, 0.717) is 24.7 Å². The van der Waals surface area contributed by atoms with Gasteiger partial charge in [0.25, 0.3) is 0 Å². The van der Waals surface area contributed by atoms with Gasteiger partial charge < -0.3 is 9.84 Å². The summed E-state index contributed by atoms with van der Waals surface area (Å²) >= 11 is 0. The number of ether oxygens (including phenoxy) is 1. The zero-order valence-corrected chi connectivity index (χ0v) is 17.6. The van der Waals surface area contributed by atoms with Gasteiger partial charge in [0.1, 0.15) is 5.75 Å². The Kier molecular flexibility index (Phi) is 7.03. The molecule has 0 amide bonds. The molecule has 0 bridgehead atoms. The topological polar surface area (TPSA) is 72.5 Å². The minimum Gasteiger partial charge on any atom is -0.481 e. The molecule has 1 aromatic rings. The molecule has 1 aliphatic carbocycles. The summed E-state index contributed by atoms with van der Waals surface area (Å²) < 4.78 is 6.32. The number of carboxylic acid groups (broad SMARTS) is 1. The monoisotopic (exact) mass is 395 g/mol. The maximum absolute atomic E-state index is 10.8. The lowest BCUT2D eigenvalue weighted by Crippen LogP contribution is -2.45. The van der Waals surface area contributed by atoms with Crippen molar-refractivity contribution in [3.8, 4) is 17.6 Å². The van der Waals surface area contributed by atoms with E-state index in [0.717, 1.165) is 43.4 Å². The average Bonchev–Trinajstić information content (AvgIpc) is 3.16. The highest BCUT2D eigenvalue weighted by molar-refractivity contribution is 5.66. The first-order chi connectivity index (χ1) is 13.9. The molecular formula is C25H33NO3. The van der Waals surface area contributed by atoms with E-state index in [2.05, 4.69) is 43.0 Å². The smallest absolute Gasteiger partial charge is 0.303 e. The summed E-state index contributed by atoms with van der Waals surface area (Å²) in [4.78, 5) is 10.8. The van der Waals surface area contributed by atoms with Gasteiger partial charge in [-0.25, -0.2) is 0 Å². The number of hydrogen-bond donors (Lipinski definition) is 2. The van der Waals surface area contributed by atoms with Crippen LogP contribution in [0, 0.1) is 23.7 Å². The minimum absolute atomic E-state index is 0.177. The van der Waals surface area contributed by atoms with Gasteiger partial charge in [0.2, 0.25) is 0 Å². The van der Waals surface area contributed by atoms with Crippen molar-refractivity contribution in [1.82, 2.24) is 0 Å². The van der Waals surface area contributed by atoms with Crippen molar-refractivity contribution < 1.29 is 14.6 Å². The molecule has 1 heterocycles. The van der Waals surface area contributed by atoms with Crippen molar-refractivity contribution in [3.63, 3.8) is 0 Å². The highest BCUT2D eigenvalue weighted by Crippen LogP contribution is 2.56. The third kappa shape index (κ3) is 5.03. The molecular weight excluding hydrogens is 362 g/mol. The van der Waals surface area contributed by atoms with Crippen LogP contribution in [0.5, 0.6) is 5.75 Å². The van der Waals surface area contributed by atoms with Crippen LogP contribution in [0.4, 0.5) is 0 Å². The van der Waals surface area contributed by atoms with Crippen LogP contribution in [0.2, 0.25) is 0 Å². The van der Waals surface area contributed by atoms with Gasteiger partial charge in [-0.1, -0.05) is 37.3 Å². The van der Waals surface area contributed by atoms with E-state index in [1.165, 1.54) is 5.56 Å². The second-order valence-corrected chi connectivity index (χ2v) is 8.60. The van der Waals surface area contributed by atoms with Gasteiger partial charge >= 0.3 is 5.97 Å². The zero-order chi connectivity index (χ0) is 20.9. The molecule has 1 aliphatic heterocycles. The Balaban J connectivity index is 1.66. The molecule has 1 fully saturated rings. The van der Waals surface area contributed by atoms with Crippen molar-refractivity contribution in [1.29, 1.82) is 0 Å². The Labute approximate surface area is 174 Å². The van der Waals surface area contributed by atoms with Crippen LogP contribution >= 0.6 is 0 Å². The van der Waals surface area contributed by atoms with Gasteiger partial charge in [-0.3, -0.25) is 10.5 Å². The first kappa shape index (κ1) is 21.5. The predicted octanol–water partition coefficient (Wildman–Crippen LogP) is 5.02. The largest absolute Gasteiger partial charge is 0.481 e. The number of rotatable bonds is 9. The Hall–Kier alpha value is -2.25. The van der Waals surface area contributed by atoms with E-state index in [1.54, 1.807) is 0 Å². The first-order valence-corrected chi connectivity index (χ1v) is 10.8. The van der Waals surface area contributed by atoms with Crippen LogP contribution in [0.25, 0.3) is 0 Å². The number of fused-ring (bicyclic) bond motifs is 3. The molecule has 1 saturated carbocycles.